The van der Waals surface area contributed by atoms with Gasteiger partial charge in [0.2, 0.25) is 10.0 Å². The van der Waals surface area contributed by atoms with Crippen LogP contribution in [-0.4, -0.2) is 62.9 Å². The lowest BCUT2D eigenvalue weighted by Gasteiger charge is -2.20. The molecule has 1 aromatic rings. The van der Waals surface area contributed by atoms with Crippen LogP contribution in [0.1, 0.15) is 5.69 Å². The predicted octanol–water partition coefficient (Wildman–Crippen LogP) is -0.199. The highest BCUT2D eigenvalue weighted by Crippen LogP contribution is 2.18. The summed E-state index contributed by atoms with van der Waals surface area (Å²) in [5.74, 6) is 0. The van der Waals surface area contributed by atoms with E-state index in [-0.39, 0.29) is 24.6 Å². The second-order valence-corrected chi connectivity index (χ2v) is 6.26. The third kappa shape index (κ3) is 4.03. The normalized spacial score (nSPS) is 12.2. The van der Waals surface area contributed by atoms with Gasteiger partial charge in [0.15, 0.2) is 0 Å². The van der Waals surface area contributed by atoms with Gasteiger partial charge in [0.25, 0.3) is 0 Å². The molecule has 7 nitrogen and oxygen atoms in total. The fourth-order valence-electron chi connectivity index (χ4n) is 1.76. The van der Waals surface area contributed by atoms with Gasteiger partial charge >= 0.3 is 0 Å². The van der Waals surface area contributed by atoms with E-state index < -0.39 is 10.0 Å². The number of hydrogen-bond donors (Lipinski definition) is 1. The summed E-state index contributed by atoms with van der Waals surface area (Å²) in [4.78, 5) is 0.163. The average molecular weight is 306 g/mol. The zero-order valence-electron chi connectivity index (χ0n) is 12.1. The molecule has 8 heteroatoms. The van der Waals surface area contributed by atoms with Crippen LogP contribution in [0, 0.1) is 0 Å². The van der Waals surface area contributed by atoms with E-state index in [1.807, 2.05) is 0 Å². The molecule has 1 heterocycles. The Morgan fingerprint density at radius 1 is 1.25 bits per heavy atom. The largest absolute Gasteiger partial charge is 0.390 e. The zero-order chi connectivity index (χ0) is 15.2. The molecule has 0 aromatic carbocycles. The number of methoxy groups -OCH3 is 2. The van der Waals surface area contributed by atoms with Gasteiger partial charge in [0, 0.05) is 46.2 Å². The maximum Gasteiger partial charge on any atom is 0.244 e. The molecule has 0 fully saturated rings. The Balaban J connectivity index is 3.00. The van der Waals surface area contributed by atoms with Gasteiger partial charge in [-0.15, -0.1) is 0 Å². The maximum absolute atomic E-state index is 12.5. The number of aromatic nitrogens is 1. The first kappa shape index (κ1) is 17.1. The third-order valence-corrected chi connectivity index (χ3v) is 4.84. The van der Waals surface area contributed by atoms with Crippen molar-refractivity contribution in [2.24, 2.45) is 7.05 Å². The maximum atomic E-state index is 12.5. The monoisotopic (exact) mass is 306 g/mol. The van der Waals surface area contributed by atoms with E-state index in [1.54, 1.807) is 11.6 Å². The van der Waals surface area contributed by atoms with Gasteiger partial charge in [-0.2, -0.15) is 4.31 Å². The Kier molecular flexibility index (Phi) is 6.63. The minimum atomic E-state index is -3.62. The van der Waals surface area contributed by atoms with Crippen molar-refractivity contribution in [2.45, 2.75) is 11.5 Å². The number of aliphatic hydroxyl groups excluding tert-OH is 1. The topological polar surface area (TPSA) is 81.0 Å². The lowest BCUT2D eigenvalue weighted by molar-refractivity contribution is 0.150. The minimum absolute atomic E-state index is 0.163. The molecule has 1 rings (SSSR count). The van der Waals surface area contributed by atoms with Gasteiger partial charge in [-0.1, -0.05) is 0 Å². The molecule has 0 spiro atoms. The zero-order valence-corrected chi connectivity index (χ0v) is 12.9. The number of aliphatic hydroxyl groups is 1. The lowest BCUT2D eigenvalue weighted by Crippen LogP contribution is -2.36. The molecule has 0 saturated carbocycles. The van der Waals surface area contributed by atoms with Crippen LogP contribution in [0.15, 0.2) is 17.2 Å². The second-order valence-electron chi connectivity index (χ2n) is 4.33. The standard InChI is InChI=1S/C12H22N2O5S/c1-13-9-12(8-11(13)10-15)20(16,17)14(4-6-18-2)5-7-19-3/h8-9,15H,4-7,10H2,1-3H3. The van der Waals surface area contributed by atoms with Crippen molar-refractivity contribution in [1.29, 1.82) is 0 Å². The Morgan fingerprint density at radius 2 is 1.80 bits per heavy atom. The van der Waals surface area contributed by atoms with E-state index in [9.17, 15) is 8.42 Å². The van der Waals surface area contributed by atoms with Crippen LogP contribution in [0.4, 0.5) is 0 Å². The summed E-state index contributed by atoms with van der Waals surface area (Å²) in [5, 5.41) is 9.15. The average Bonchev–Trinajstić information content (AvgIpc) is 2.80. The Hall–Kier alpha value is -0.930. The van der Waals surface area contributed by atoms with Crippen LogP contribution in [0.25, 0.3) is 0 Å². The molecule has 0 aliphatic rings. The molecular weight excluding hydrogens is 284 g/mol. The van der Waals surface area contributed by atoms with Gasteiger partial charge in [-0.25, -0.2) is 8.42 Å². The van der Waals surface area contributed by atoms with Crippen LogP contribution < -0.4 is 0 Å². The highest BCUT2D eigenvalue weighted by molar-refractivity contribution is 7.89. The molecule has 1 aromatic heterocycles. The van der Waals surface area contributed by atoms with Gasteiger partial charge in [-0.05, 0) is 6.07 Å². The van der Waals surface area contributed by atoms with Crippen molar-refractivity contribution in [3.8, 4) is 0 Å². The van der Waals surface area contributed by atoms with Crippen LogP contribution in [-0.2, 0) is 33.2 Å². The molecule has 0 aliphatic carbocycles. The summed E-state index contributed by atoms with van der Waals surface area (Å²) < 4.78 is 37.9. The second kappa shape index (κ2) is 7.75. The number of nitrogens with zero attached hydrogens (tertiary/aromatic N) is 2. The van der Waals surface area contributed by atoms with Crippen LogP contribution in [0.5, 0.6) is 0 Å². The number of ether oxygens (including phenoxy) is 2. The molecule has 0 unspecified atom stereocenters. The minimum Gasteiger partial charge on any atom is -0.390 e. The van der Waals surface area contributed by atoms with E-state index in [4.69, 9.17) is 14.6 Å². The summed E-state index contributed by atoms with van der Waals surface area (Å²) in [7, 11) is 1.12. The first-order valence-electron chi connectivity index (χ1n) is 6.21. The van der Waals surface area contributed by atoms with Gasteiger partial charge in [-0.3, -0.25) is 0 Å². The quantitative estimate of drug-likeness (QED) is 0.683. The summed E-state index contributed by atoms with van der Waals surface area (Å²) >= 11 is 0. The number of sulfonamides is 1. The van der Waals surface area contributed by atoms with E-state index >= 15 is 0 Å². The SMILES string of the molecule is COCCN(CCOC)S(=O)(=O)c1cc(CO)n(C)c1. The van der Waals surface area contributed by atoms with Crippen molar-refractivity contribution in [3.63, 3.8) is 0 Å². The lowest BCUT2D eigenvalue weighted by atomic mass is 10.5. The summed E-state index contributed by atoms with van der Waals surface area (Å²) in [5.41, 5.74) is 0.544. The van der Waals surface area contributed by atoms with Crippen molar-refractivity contribution >= 4 is 10.0 Å². The molecule has 1 N–H and O–H groups in total. The first-order valence-corrected chi connectivity index (χ1v) is 7.65. The molecule has 0 atom stereocenters. The van der Waals surface area contributed by atoms with E-state index in [0.717, 1.165) is 0 Å². The Morgan fingerprint density at radius 3 is 2.20 bits per heavy atom. The van der Waals surface area contributed by atoms with Crippen molar-refractivity contribution in [3.05, 3.63) is 18.0 Å². The fourth-order valence-corrected chi connectivity index (χ4v) is 3.27. The van der Waals surface area contributed by atoms with Crippen LogP contribution in [0.3, 0.4) is 0 Å². The molecule has 0 bridgehead atoms. The fraction of sp³-hybridized carbons (Fsp3) is 0.667. The summed E-state index contributed by atoms with van der Waals surface area (Å²) in [6.07, 6.45) is 1.49. The Labute approximate surface area is 119 Å². The number of aryl methyl sites for hydroxylation is 1. The molecule has 0 aliphatic heterocycles. The van der Waals surface area contributed by atoms with Crippen molar-refractivity contribution in [2.75, 3.05) is 40.5 Å². The molecule has 20 heavy (non-hydrogen) atoms. The van der Waals surface area contributed by atoms with Crippen LogP contribution in [0.2, 0.25) is 0 Å². The number of hydrogen-bond acceptors (Lipinski definition) is 5. The summed E-state index contributed by atoms with van der Waals surface area (Å²) in [6, 6.07) is 1.47. The number of rotatable bonds is 9. The van der Waals surface area contributed by atoms with E-state index in [0.29, 0.717) is 18.9 Å². The highest BCUT2D eigenvalue weighted by atomic mass is 32.2. The molecular formula is C12H22N2O5S. The first-order chi connectivity index (χ1) is 9.47. The van der Waals surface area contributed by atoms with Crippen LogP contribution >= 0.6 is 0 Å². The van der Waals surface area contributed by atoms with E-state index in [1.165, 1.54) is 30.8 Å². The Bertz CT molecular complexity index is 504. The summed E-state index contributed by atoms with van der Waals surface area (Å²) in [6.45, 7) is 0.921. The smallest absolute Gasteiger partial charge is 0.244 e. The molecule has 0 saturated heterocycles. The highest BCUT2D eigenvalue weighted by Gasteiger charge is 2.25. The van der Waals surface area contributed by atoms with Crippen molar-refractivity contribution in [1.82, 2.24) is 8.87 Å². The third-order valence-electron chi connectivity index (χ3n) is 2.97. The van der Waals surface area contributed by atoms with Gasteiger partial charge in [0.1, 0.15) is 4.90 Å². The van der Waals surface area contributed by atoms with Crippen molar-refractivity contribution < 1.29 is 23.0 Å². The van der Waals surface area contributed by atoms with Gasteiger partial charge in [0.05, 0.1) is 19.8 Å². The molecule has 0 radical (unpaired) electrons. The van der Waals surface area contributed by atoms with Gasteiger partial charge < -0.3 is 19.1 Å². The van der Waals surface area contributed by atoms with E-state index in [2.05, 4.69) is 0 Å². The molecule has 0 amide bonds. The predicted molar refractivity (Wildman–Crippen MR) is 73.8 cm³/mol. The molecule has 116 valence electrons.